The minimum atomic E-state index is 0.186. The summed E-state index contributed by atoms with van der Waals surface area (Å²) in [7, 11) is 0. The van der Waals surface area contributed by atoms with Crippen molar-refractivity contribution in [1.29, 1.82) is 0 Å². The van der Waals surface area contributed by atoms with E-state index >= 15 is 0 Å². The van der Waals surface area contributed by atoms with Crippen molar-refractivity contribution in [3.05, 3.63) is 68.8 Å². The molecule has 0 radical (unpaired) electrons. The Morgan fingerprint density at radius 3 is 1.32 bits per heavy atom. The number of hydrogen-bond donors (Lipinski definition) is 0. The molecule has 0 saturated carbocycles. The topological polar surface area (TPSA) is 0 Å². The Labute approximate surface area is 153 Å². The third-order valence-corrected chi connectivity index (χ3v) is 6.83. The zero-order valence-corrected chi connectivity index (χ0v) is 17.2. The lowest BCUT2D eigenvalue weighted by Crippen LogP contribution is -2.27. The standard InChI is InChI=1S/C25H32/c1-15-9-17(3)21-19(11-15)25(13-23(21,5)6)14-24(7,8)22-18(4)10-16(2)12-20(22)25/h9-12H,13-14H2,1-8H3. The highest BCUT2D eigenvalue weighted by Gasteiger charge is 2.56. The van der Waals surface area contributed by atoms with Crippen LogP contribution in [0.5, 0.6) is 0 Å². The first-order chi connectivity index (χ1) is 11.5. The predicted octanol–water partition coefficient (Wildman–Crippen LogP) is 6.57. The molecule has 132 valence electrons. The molecule has 0 N–H and O–H groups in total. The van der Waals surface area contributed by atoms with Crippen LogP contribution in [-0.2, 0) is 16.2 Å². The van der Waals surface area contributed by atoms with Gasteiger partial charge in [0.25, 0.3) is 0 Å². The maximum Gasteiger partial charge on any atom is 0.0225 e. The quantitative estimate of drug-likeness (QED) is 0.512. The van der Waals surface area contributed by atoms with Crippen molar-refractivity contribution in [2.45, 2.75) is 84.5 Å². The molecule has 25 heavy (non-hydrogen) atoms. The van der Waals surface area contributed by atoms with Gasteiger partial charge in [0, 0.05) is 5.41 Å². The first-order valence-electron chi connectivity index (χ1n) is 9.72. The molecule has 2 aromatic rings. The molecule has 0 aromatic heterocycles. The summed E-state index contributed by atoms with van der Waals surface area (Å²) in [6, 6.07) is 9.75. The zero-order chi connectivity index (χ0) is 18.4. The van der Waals surface area contributed by atoms with Gasteiger partial charge in [-0.2, -0.15) is 0 Å². The average Bonchev–Trinajstić information content (AvgIpc) is 2.77. The normalized spacial score (nSPS) is 21.4. The van der Waals surface area contributed by atoms with E-state index in [0.29, 0.717) is 0 Å². The lowest BCUT2D eigenvalue weighted by Gasteiger charge is -2.30. The molecule has 0 saturated heterocycles. The van der Waals surface area contributed by atoms with E-state index in [1.165, 1.54) is 35.1 Å². The molecule has 0 heteroatoms. The maximum atomic E-state index is 2.50. The lowest BCUT2D eigenvalue weighted by molar-refractivity contribution is 0.349. The zero-order valence-electron chi connectivity index (χ0n) is 17.2. The summed E-state index contributed by atoms with van der Waals surface area (Å²) in [5.74, 6) is 0. The molecule has 0 bridgehead atoms. The second kappa shape index (κ2) is 4.78. The van der Waals surface area contributed by atoms with E-state index in [-0.39, 0.29) is 16.2 Å². The summed E-state index contributed by atoms with van der Waals surface area (Å²) in [6.07, 6.45) is 2.47. The monoisotopic (exact) mass is 332 g/mol. The van der Waals surface area contributed by atoms with Crippen molar-refractivity contribution in [2.75, 3.05) is 0 Å². The van der Waals surface area contributed by atoms with Crippen LogP contribution < -0.4 is 0 Å². The molecule has 2 aliphatic carbocycles. The number of hydrogen-bond acceptors (Lipinski definition) is 0. The molecule has 0 heterocycles. The third kappa shape index (κ3) is 2.12. The van der Waals surface area contributed by atoms with E-state index in [9.17, 15) is 0 Å². The Morgan fingerprint density at radius 2 is 0.960 bits per heavy atom. The first kappa shape index (κ1) is 16.9. The maximum absolute atomic E-state index is 2.50. The van der Waals surface area contributed by atoms with Crippen LogP contribution in [0.3, 0.4) is 0 Å². The number of aryl methyl sites for hydroxylation is 4. The second-order valence-electron chi connectivity index (χ2n) is 10.2. The minimum Gasteiger partial charge on any atom is -0.0561 e. The highest BCUT2D eigenvalue weighted by atomic mass is 14.6. The fourth-order valence-corrected chi connectivity index (χ4v) is 6.76. The molecule has 0 atom stereocenters. The van der Waals surface area contributed by atoms with Gasteiger partial charge in [-0.05, 0) is 84.7 Å². The summed E-state index contributed by atoms with van der Waals surface area (Å²) >= 11 is 0. The molecule has 0 fully saturated rings. The van der Waals surface area contributed by atoms with E-state index in [1.807, 2.05) is 0 Å². The highest BCUT2D eigenvalue weighted by Crippen LogP contribution is 2.63. The van der Waals surface area contributed by atoms with Crippen LogP contribution in [-0.4, -0.2) is 0 Å². The van der Waals surface area contributed by atoms with Crippen LogP contribution in [0.1, 0.15) is 85.0 Å². The largest absolute Gasteiger partial charge is 0.0561 e. The summed E-state index contributed by atoms with van der Waals surface area (Å²) < 4.78 is 0. The van der Waals surface area contributed by atoms with Crippen molar-refractivity contribution in [1.82, 2.24) is 0 Å². The molecular weight excluding hydrogens is 300 g/mol. The Bertz CT molecular complexity index is 817. The van der Waals surface area contributed by atoms with Gasteiger partial charge in [-0.25, -0.2) is 0 Å². The molecule has 0 aliphatic heterocycles. The van der Waals surface area contributed by atoms with Crippen molar-refractivity contribution in [2.24, 2.45) is 0 Å². The van der Waals surface area contributed by atoms with Gasteiger partial charge >= 0.3 is 0 Å². The van der Waals surface area contributed by atoms with E-state index < -0.39 is 0 Å². The van der Waals surface area contributed by atoms with E-state index in [2.05, 4.69) is 79.7 Å². The Hall–Kier alpha value is -1.56. The fraction of sp³-hybridized carbons (Fsp3) is 0.520. The van der Waals surface area contributed by atoms with E-state index in [4.69, 9.17) is 0 Å². The van der Waals surface area contributed by atoms with Crippen LogP contribution in [0.2, 0.25) is 0 Å². The molecule has 0 unspecified atom stereocenters. The SMILES string of the molecule is Cc1cc(C)c2c(c1)C1(CC2(C)C)CC(C)(C)c2c(C)cc(C)cc21. The Kier molecular flexibility index (Phi) is 3.23. The van der Waals surface area contributed by atoms with Gasteiger partial charge in [-0.15, -0.1) is 0 Å². The van der Waals surface area contributed by atoms with E-state index in [0.717, 1.165) is 0 Å². The summed E-state index contributed by atoms with van der Waals surface area (Å²) in [5.41, 5.74) is 12.9. The van der Waals surface area contributed by atoms with Crippen LogP contribution in [0.25, 0.3) is 0 Å². The van der Waals surface area contributed by atoms with Gasteiger partial charge in [-0.3, -0.25) is 0 Å². The summed E-state index contributed by atoms with van der Waals surface area (Å²) in [6.45, 7) is 19.0. The van der Waals surface area contributed by atoms with Gasteiger partial charge < -0.3 is 0 Å². The number of benzene rings is 2. The first-order valence-corrected chi connectivity index (χ1v) is 9.72. The molecule has 2 aliphatic rings. The predicted molar refractivity (Wildman–Crippen MR) is 108 cm³/mol. The van der Waals surface area contributed by atoms with Crippen LogP contribution >= 0.6 is 0 Å². The van der Waals surface area contributed by atoms with Gasteiger partial charge in [-0.1, -0.05) is 63.1 Å². The minimum absolute atomic E-state index is 0.186. The van der Waals surface area contributed by atoms with Crippen molar-refractivity contribution in [3.8, 4) is 0 Å². The number of rotatable bonds is 0. The summed E-state index contributed by atoms with van der Waals surface area (Å²) in [5, 5.41) is 0. The molecule has 0 amide bonds. The van der Waals surface area contributed by atoms with Gasteiger partial charge in [0.15, 0.2) is 0 Å². The smallest absolute Gasteiger partial charge is 0.0225 e. The van der Waals surface area contributed by atoms with Gasteiger partial charge in [0.2, 0.25) is 0 Å². The average molecular weight is 333 g/mol. The van der Waals surface area contributed by atoms with Gasteiger partial charge in [0.1, 0.15) is 0 Å². The fourth-order valence-electron chi connectivity index (χ4n) is 6.76. The van der Waals surface area contributed by atoms with Gasteiger partial charge in [0.05, 0.1) is 0 Å². The van der Waals surface area contributed by atoms with E-state index in [1.54, 1.807) is 22.3 Å². The molecular formula is C25H32. The highest BCUT2D eigenvalue weighted by molar-refractivity contribution is 5.63. The second-order valence-corrected chi connectivity index (χ2v) is 10.2. The van der Waals surface area contributed by atoms with Crippen molar-refractivity contribution in [3.63, 3.8) is 0 Å². The molecule has 2 aromatic carbocycles. The Balaban J connectivity index is 2.11. The van der Waals surface area contributed by atoms with Crippen LogP contribution in [0, 0.1) is 27.7 Å². The molecule has 4 rings (SSSR count). The number of fused-ring (bicyclic) bond motifs is 4. The van der Waals surface area contributed by atoms with Crippen molar-refractivity contribution >= 4 is 0 Å². The lowest BCUT2D eigenvalue weighted by atomic mass is 9.72. The summed E-state index contributed by atoms with van der Waals surface area (Å²) in [4.78, 5) is 0. The van der Waals surface area contributed by atoms with Crippen molar-refractivity contribution < 1.29 is 0 Å². The molecule has 1 spiro atoms. The Morgan fingerprint density at radius 1 is 0.600 bits per heavy atom. The van der Waals surface area contributed by atoms with Crippen LogP contribution in [0.15, 0.2) is 24.3 Å². The molecule has 0 nitrogen and oxygen atoms in total. The van der Waals surface area contributed by atoms with Crippen LogP contribution in [0.4, 0.5) is 0 Å². The third-order valence-electron chi connectivity index (χ3n) is 6.83.